The minimum absolute atomic E-state index is 0.210. The average molecular weight is 328 g/mol. The molecular formula is C11H8BrN2O3S-. The number of halogens is 1. The quantitative estimate of drug-likeness (QED) is 0.796. The predicted octanol–water partition coefficient (Wildman–Crippen LogP) is 1.73. The number of nitrogens with zero attached hydrogens (tertiary/aromatic N) is 2. The largest absolute Gasteiger partial charge is 0.549 e. The molecule has 1 atom stereocenters. The Balaban J connectivity index is 2.18. The molecule has 1 aromatic carbocycles. The Bertz CT molecular complexity index is 573. The third-order valence-corrected chi connectivity index (χ3v) is 3.49. The summed E-state index contributed by atoms with van der Waals surface area (Å²) in [5.74, 6) is -0.813. The van der Waals surface area contributed by atoms with Crippen molar-refractivity contribution >= 4 is 33.7 Å². The second-order valence-electron chi connectivity index (χ2n) is 3.46. The first-order valence-electron chi connectivity index (χ1n) is 5.03. The number of hydrogen-bond acceptors (Lipinski definition) is 6. The van der Waals surface area contributed by atoms with Crippen molar-refractivity contribution in [3.63, 3.8) is 0 Å². The number of carboxylic acids is 1. The van der Waals surface area contributed by atoms with Crippen LogP contribution in [-0.4, -0.2) is 21.4 Å². The number of benzene rings is 1. The Morgan fingerprint density at radius 3 is 2.94 bits per heavy atom. The summed E-state index contributed by atoms with van der Waals surface area (Å²) in [4.78, 5) is 10.6. The topological polar surface area (TPSA) is 79.0 Å². The Hall–Kier alpha value is -1.34. The van der Waals surface area contributed by atoms with E-state index in [2.05, 4.69) is 26.1 Å². The summed E-state index contributed by atoms with van der Waals surface area (Å²) in [6, 6.07) is 7.40. The van der Waals surface area contributed by atoms with Crippen molar-refractivity contribution in [3.05, 3.63) is 28.7 Å². The van der Waals surface area contributed by atoms with Crippen molar-refractivity contribution in [2.45, 2.75) is 17.4 Å². The minimum Gasteiger partial charge on any atom is -0.549 e. The fourth-order valence-corrected chi connectivity index (χ4v) is 2.21. The molecule has 2 rings (SSSR count). The lowest BCUT2D eigenvalue weighted by Crippen LogP contribution is -2.31. The molecule has 0 aliphatic rings. The average Bonchev–Trinajstić information content (AvgIpc) is 2.77. The van der Waals surface area contributed by atoms with E-state index in [9.17, 15) is 9.90 Å². The van der Waals surface area contributed by atoms with Crippen LogP contribution < -0.4 is 5.11 Å². The van der Waals surface area contributed by atoms with Crippen LogP contribution in [-0.2, 0) is 4.79 Å². The lowest BCUT2D eigenvalue weighted by atomic mass is 10.2. The monoisotopic (exact) mass is 327 g/mol. The van der Waals surface area contributed by atoms with Gasteiger partial charge in [-0.3, -0.25) is 0 Å². The highest BCUT2D eigenvalue weighted by Gasteiger charge is 2.13. The van der Waals surface area contributed by atoms with Crippen LogP contribution in [0.15, 0.2) is 38.4 Å². The summed E-state index contributed by atoms with van der Waals surface area (Å²) in [7, 11) is 0. The molecule has 0 aliphatic heterocycles. The zero-order valence-corrected chi connectivity index (χ0v) is 11.7. The summed E-state index contributed by atoms with van der Waals surface area (Å²) in [5.41, 5.74) is 0.768. The number of rotatable bonds is 4. The van der Waals surface area contributed by atoms with E-state index in [0.717, 1.165) is 21.8 Å². The van der Waals surface area contributed by atoms with E-state index in [0.29, 0.717) is 5.89 Å². The SMILES string of the molecule is C[C@@H](Sc1nnc(-c2cccc(Br)c2)o1)C(=O)[O-]. The second-order valence-corrected chi connectivity index (χ2v) is 5.67. The van der Waals surface area contributed by atoms with Crippen molar-refractivity contribution in [1.29, 1.82) is 0 Å². The third kappa shape index (κ3) is 3.11. The maximum atomic E-state index is 10.6. The van der Waals surface area contributed by atoms with E-state index < -0.39 is 11.2 Å². The van der Waals surface area contributed by atoms with Crippen LogP contribution in [0.1, 0.15) is 6.92 Å². The van der Waals surface area contributed by atoms with Gasteiger partial charge in [0, 0.05) is 10.0 Å². The molecule has 0 aliphatic carbocycles. The molecule has 0 bridgehead atoms. The van der Waals surface area contributed by atoms with Gasteiger partial charge < -0.3 is 14.3 Å². The van der Waals surface area contributed by atoms with Crippen LogP contribution in [0, 0.1) is 0 Å². The molecular weight excluding hydrogens is 320 g/mol. The number of hydrogen-bond donors (Lipinski definition) is 0. The minimum atomic E-state index is -1.16. The Morgan fingerprint density at radius 1 is 1.50 bits per heavy atom. The molecule has 0 fully saturated rings. The van der Waals surface area contributed by atoms with E-state index in [1.807, 2.05) is 24.3 Å². The second kappa shape index (κ2) is 5.53. The summed E-state index contributed by atoms with van der Waals surface area (Å²) in [6.07, 6.45) is 0. The molecule has 2 aromatic rings. The molecule has 1 heterocycles. The standard InChI is InChI=1S/C11H9BrN2O3S/c1-6(10(15)16)18-11-14-13-9(17-11)7-3-2-4-8(12)5-7/h2-6H,1H3,(H,15,16)/p-1/t6-/m1/s1. The number of carboxylic acid groups (broad SMARTS) is 1. The van der Waals surface area contributed by atoms with Gasteiger partial charge >= 0.3 is 0 Å². The molecule has 5 nitrogen and oxygen atoms in total. The van der Waals surface area contributed by atoms with Gasteiger partial charge in [0.15, 0.2) is 0 Å². The van der Waals surface area contributed by atoms with Crippen molar-refractivity contribution in [2.24, 2.45) is 0 Å². The van der Waals surface area contributed by atoms with Gasteiger partial charge in [0.2, 0.25) is 5.89 Å². The molecule has 1 aromatic heterocycles. The molecule has 94 valence electrons. The molecule has 0 saturated heterocycles. The van der Waals surface area contributed by atoms with Crippen molar-refractivity contribution in [2.75, 3.05) is 0 Å². The number of aliphatic carboxylic acids is 1. The maximum Gasteiger partial charge on any atom is 0.277 e. The number of carbonyl (C=O) groups is 1. The number of aromatic nitrogens is 2. The Morgan fingerprint density at radius 2 is 2.28 bits per heavy atom. The number of thioether (sulfide) groups is 1. The summed E-state index contributed by atoms with van der Waals surface area (Å²) < 4.78 is 6.27. The molecule has 0 N–H and O–H groups in total. The van der Waals surface area contributed by atoms with Gasteiger partial charge in [-0.2, -0.15) is 0 Å². The Labute approximate surface area is 116 Å². The normalized spacial score (nSPS) is 12.3. The fraction of sp³-hybridized carbons (Fsp3) is 0.182. The van der Waals surface area contributed by atoms with Gasteiger partial charge in [0.05, 0.1) is 11.2 Å². The van der Waals surface area contributed by atoms with Crippen LogP contribution >= 0.6 is 27.7 Å². The first-order chi connectivity index (χ1) is 8.56. The molecule has 0 radical (unpaired) electrons. The van der Waals surface area contributed by atoms with Crippen LogP contribution in [0.2, 0.25) is 0 Å². The van der Waals surface area contributed by atoms with Gasteiger partial charge in [0.1, 0.15) is 0 Å². The highest BCUT2D eigenvalue weighted by molar-refractivity contribution is 9.10. The first kappa shape index (κ1) is 13.1. The van der Waals surface area contributed by atoms with Crippen LogP contribution in [0.5, 0.6) is 0 Å². The molecule has 0 amide bonds. The summed E-state index contributed by atoms with van der Waals surface area (Å²) in [6.45, 7) is 1.50. The fourth-order valence-electron chi connectivity index (χ4n) is 1.19. The Kier molecular flexibility index (Phi) is 4.03. The molecule has 0 unspecified atom stereocenters. The first-order valence-corrected chi connectivity index (χ1v) is 6.70. The zero-order valence-electron chi connectivity index (χ0n) is 9.29. The van der Waals surface area contributed by atoms with E-state index in [1.165, 1.54) is 6.92 Å². The summed E-state index contributed by atoms with van der Waals surface area (Å²) in [5, 5.41) is 17.7. The highest BCUT2D eigenvalue weighted by atomic mass is 79.9. The van der Waals surface area contributed by atoms with Gasteiger partial charge in [-0.05, 0) is 25.1 Å². The molecule has 7 heteroatoms. The van der Waals surface area contributed by atoms with Crippen molar-refractivity contribution in [3.8, 4) is 11.5 Å². The van der Waals surface area contributed by atoms with Crippen LogP contribution in [0.25, 0.3) is 11.5 Å². The molecule has 18 heavy (non-hydrogen) atoms. The van der Waals surface area contributed by atoms with Gasteiger partial charge in [-0.1, -0.05) is 33.8 Å². The van der Waals surface area contributed by atoms with E-state index in [1.54, 1.807) is 0 Å². The maximum absolute atomic E-state index is 10.6. The lowest BCUT2D eigenvalue weighted by molar-refractivity contribution is -0.304. The van der Waals surface area contributed by atoms with E-state index in [-0.39, 0.29) is 5.22 Å². The van der Waals surface area contributed by atoms with Crippen LogP contribution in [0.4, 0.5) is 0 Å². The number of carbonyl (C=O) groups excluding carboxylic acids is 1. The third-order valence-electron chi connectivity index (χ3n) is 2.09. The van der Waals surface area contributed by atoms with E-state index in [4.69, 9.17) is 4.42 Å². The predicted molar refractivity (Wildman–Crippen MR) is 67.8 cm³/mol. The van der Waals surface area contributed by atoms with Crippen LogP contribution in [0.3, 0.4) is 0 Å². The van der Waals surface area contributed by atoms with Gasteiger partial charge in [-0.15, -0.1) is 10.2 Å². The smallest absolute Gasteiger partial charge is 0.277 e. The van der Waals surface area contributed by atoms with Crippen molar-refractivity contribution < 1.29 is 14.3 Å². The molecule has 0 spiro atoms. The summed E-state index contributed by atoms with van der Waals surface area (Å²) >= 11 is 4.30. The highest BCUT2D eigenvalue weighted by Crippen LogP contribution is 2.27. The molecule has 0 saturated carbocycles. The zero-order chi connectivity index (χ0) is 13.1. The van der Waals surface area contributed by atoms with Crippen molar-refractivity contribution in [1.82, 2.24) is 10.2 Å². The lowest BCUT2D eigenvalue weighted by Gasteiger charge is -2.07. The van der Waals surface area contributed by atoms with E-state index >= 15 is 0 Å². The van der Waals surface area contributed by atoms with Gasteiger partial charge in [0.25, 0.3) is 5.22 Å². The van der Waals surface area contributed by atoms with Gasteiger partial charge in [-0.25, -0.2) is 0 Å².